The van der Waals surface area contributed by atoms with Crippen molar-refractivity contribution in [3.05, 3.63) is 81.3 Å². The van der Waals surface area contributed by atoms with Gasteiger partial charge in [-0.1, -0.05) is 31.5 Å². The van der Waals surface area contributed by atoms with Gasteiger partial charge in [-0.15, -0.1) is 11.3 Å². The number of benzene rings is 1. The Hall–Kier alpha value is -4.18. The zero-order valence-corrected chi connectivity index (χ0v) is 30.5. The maximum Gasteiger partial charge on any atom is 0.418 e. The molecule has 3 aromatic rings. The number of carbonyl (C=O) groups excluding carboxylic acids is 2. The smallest absolute Gasteiger partial charge is 0.418 e. The number of aromatic nitrogens is 1. The number of carboxylic acids is 1. The van der Waals surface area contributed by atoms with Gasteiger partial charge in [0.15, 0.2) is 6.67 Å². The predicted molar refractivity (Wildman–Crippen MR) is 187 cm³/mol. The maximum atomic E-state index is 15.1. The van der Waals surface area contributed by atoms with Crippen molar-refractivity contribution in [2.75, 3.05) is 32.9 Å². The number of thiophene rings is 1. The predicted octanol–water partition coefficient (Wildman–Crippen LogP) is 7.71. The molecule has 2 N–H and O–H groups in total. The van der Waals surface area contributed by atoms with E-state index in [2.05, 4.69) is 4.98 Å². The van der Waals surface area contributed by atoms with Gasteiger partial charge in [-0.05, 0) is 80.2 Å². The number of aliphatic carboxylic acids is 1. The van der Waals surface area contributed by atoms with Crippen LogP contribution in [0.1, 0.15) is 96.8 Å². The second-order valence-corrected chi connectivity index (χ2v) is 14.7. The van der Waals surface area contributed by atoms with E-state index in [1.165, 1.54) is 15.2 Å². The summed E-state index contributed by atoms with van der Waals surface area (Å²) in [5, 5.41) is 22.2. The lowest BCUT2D eigenvalue weighted by atomic mass is 9.66. The number of piperidine rings is 2. The number of nitrogens with zero attached hydrogens (tertiary/aromatic N) is 3. The Morgan fingerprint density at radius 3 is 2.41 bits per heavy atom. The number of rotatable bonds is 14. The number of unbranched alkanes of at least 4 members (excludes halogenated alkanes) is 1. The highest BCUT2D eigenvalue weighted by molar-refractivity contribution is 7.10. The van der Waals surface area contributed by atoms with Crippen molar-refractivity contribution in [2.24, 2.45) is 0 Å². The van der Waals surface area contributed by atoms with Gasteiger partial charge in [0, 0.05) is 37.8 Å². The number of para-hydroxylation sites is 1. The molecule has 2 unspecified atom stereocenters. The number of ether oxygens (including phenoxy) is 1. The van der Waals surface area contributed by atoms with Gasteiger partial charge in [-0.25, -0.2) is 4.39 Å². The molecule has 294 valence electrons. The Bertz CT molecular complexity index is 1800. The van der Waals surface area contributed by atoms with Gasteiger partial charge < -0.3 is 24.7 Å². The van der Waals surface area contributed by atoms with Crippen LogP contribution in [-0.2, 0) is 32.7 Å². The first-order valence-corrected chi connectivity index (χ1v) is 18.8. The van der Waals surface area contributed by atoms with E-state index >= 15 is 4.79 Å². The van der Waals surface area contributed by atoms with Crippen LogP contribution in [0.5, 0.6) is 5.75 Å². The number of hydrogen-bond acceptors (Lipinski definition) is 7. The van der Waals surface area contributed by atoms with Gasteiger partial charge in [-0.3, -0.25) is 19.4 Å². The molecular weight excluding hydrogens is 740 g/mol. The Balaban J connectivity index is 1.49. The molecule has 0 aliphatic carbocycles. The van der Waals surface area contributed by atoms with Crippen LogP contribution in [0.3, 0.4) is 0 Å². The highest BCUT2D eigenvalue weighted by Gasteiger charge is 2.56. The number of halogens is 6. The summed E-state index contributed by atoms with van der Waals surface area (Å²) >= 11 is 0.570. The second kappa shape index (κ2) is 16.7. The molecule has 2 amide bonds. The van der Waals surface area contributed by atoms with E-state index in [0.29, 0.717) is 41.9 Å². The number of carbonyl (C=O) groups is 3. The summed E-state index contributed by atoms with van der Waals surface area (Å²) in [5.74, 6) is -5.94. The lowest BCUT2D eigenvalue weighted by Gasteiger charge is -2.51. The topological polar surface area (TPSA) is 120 Å². The third kappa shape index (κ3) is 8.38. The van der Waals surface area contributed by atoms with Crippen LogP contribution in [0.15, 0.2) is 54.0 Å². The number of aliphatic hydroxyl groups is 1. The first-order valence-electron chi connectivity index (χ1n) is 17.9. The van der Waals surface area contributed by atoms with E-state index in [9.17, 15) is 41.0 Å². The standard InChI is InChI=1S/C38H43F6N3O6S/c1-2-9-29-36(25-22-30(54-23-25)37(40,41)24-39,14-8-18-47(29)33(50)32-27(38(42,43)44)11-7-17-45-32)34(51)46-19-15-35(52,16-20-46)26-10-3-4-12-28(26)53-21-6-5-13-31(48)49/h3-4,7,10-12,17,22-23,29,52H,2,5-6,8-9,13-16,18-21,24H2,1H3,(H,48,49). The van der Waals surface area contributed by atoms with Gasteiger partial charge in [0.1, 0.15) is 11.4 Å². The van der Waals surface area contributed by atoms with Crippen molar-refractivity contribution in [3.8, 4) is 5.75 Å². The second-order valence-electron chi connectivity index (χ2n) is 13.8. The lowest BCUT2D eigenvalue weighted by molar-refractivity contribution is -0.147. The van der Waals surface area contributed by atoms with Crippen molar-refractivity contribution in [2.45, 2.75) is 93.9 Å². The van der Waals surface area contributed by atoms with Gasteiger partial charge in [0.05, 0.1) is 34.1 Å². The quantitative estimate of drug-likeness (QED) is 0.127. The molecule has 2 aromatic heterocycles. The number of alkyl halides is 6. The average molecular weight is 784 g/mol. The summed E-state index contributed by atoms with van der Waals surface area (Å²) in [7, 11) is 0. The Morgan fingerprint density at radius 2 is 1.74 bits per heavy atom. The van der Waals surface area contributed by atoms with Crippen molar-refractivity contribution in [1.29, 1.82) is 0 Å². The minimum Gasteiger partial charge on any atom is -0.493 e. The summed E-state index contributed by atoms with van der Waals surface area (Å²) in [4.78, 5) is 45.9. The van der Waals surface area contributed by atoms with Crippen LogP contribution < -0.4 is 4.74 Å². The summed E-state index contributed by atoms with van der Waals surface area (Å²) in [5.41, 5.74) is -4.61. The van der Waals surface area contributed by atoms with Crippen LogP contribution >= 0.6 is 11.3 Å². The molecule has 2 aliphatic heterocycles. The maximum absolute atomic E-state index is 15.1. The molecule has 5 rings (SSSR count). The molecule has 9 nitrogen and oxygen atoms in total. The van der Waals surface area contributed by atoms with E-state index in [0.717, 1.165) is 24.4 Å². The molecule has 0 radical (unpaired) electrons. The summed E-state index contributed by atoms with van der Waals surface area (Å²) < 4.78 is 91.0. The normalized spacial score (nSPS) is 20.5. The molecule has 4 heterocycles. The summed E-state index contributed by atoms with van der Waals surface area (Å²) in [6, 6.07) is 8.67. The largest absolute Gasteiger partial charge is 0.493 e. The molecular formula is C38H43F6N3O6S. The number of hydrogen-bond donors (Lipinski definition) is 2. The van der Waals surface area contributed by atoms with E-state index in [-0.39, 0.29) is 70.3 Å². The van der Waals surface area contributed by atoms with Gasteiger partial charge in [0.2, 0.25) is 5.91 Å². The fourth-order valence-electron chi connectivity index (χ4n) is 7.68. The van der Waals surface area contributed by atoms with Gasteiger partial charge >= 0.3 is 18.1 Å². The fourth-order valence-corrected chi connectivity index (χ4v) is 8.64. The highest BCUT2D eigenvalue weighted by Crippen LogP contribution is 2.48. The minimum atomic E-state index is -4.91. The Kier molecular flexibility index (Phi) is 12.7. The first kappa shape index (κ1) is 41.0. The molecule has 2 fully saturated rings. The van der Waals surface area contributed by atoms with E-state index in [1.54, 1.807) is 31.2 Å². The van der Waals surface area contributed by atoms with Gasteiger partial charge in [-0.2, -0.15) is 22.0 Å². The lowest BCUT2D eigenvalue weighted by Crippen LogP contribution is -2.64. The third-order valence-electron chi connectivity index (χ3n) is 10.4. The van der Waals surface area contributed by atoms with Gasteiger partial charge in [0.25, 0.3) is 5.91 Å². The summed E-state index contributed by atoms with van der Waals surface area (Å²) in [6.07, 6.45) is -2.14. The molecule has 54 heavy (non-hydrogen) atoms. The van der Waals surface area contributed by atoms with Crippen molar-refractivity contribution < 1.29 is 55.7 Å². The number of pyridine rings is 1. The SMILES string of the molecule is CCCC1N(C(=O)c2ncccc2C(F)(F)F)CCCC1(C(=O)N1CCC(O)(c2ccccc2OCCCCC(=O)O)CC1)c1csc(C(F)(F)CF)c1. The van der Waals surface area contributed by atoms with E-state index < -0.39 is 69.7 Å². The van der Waals surface area contributed by atoms with Crippen LogP contribution in [0.25, 0.3) is 0 Å². The minimum absolute atomic E-state index is 0.00591. The monoisotopic (exact) mass is 783 g/mol. The number of likely N-dealkylation sites (tertiary alicyclic amines) is 2. The van der Waals surface area contributed by atoms with Crippen LogP contribution in [-0.4, -0.2) is 81.7 Å². The van der Waals surface area contributed by atoms with E-state index in [4.69, 9.17) is 9.84 Å². The molecule has 16 heteroatoms. The van der Waals surface area contributed by atoms with Crippen molar-refractivity contribution in [3.63, 3.8) is 0 Å². The summed E-state index contributed by atoms with van der Waals surface area (Å²) in [6.45, 7) is 0.0116. The van der Waals surface area contributed by atoms with E-state index in [1.807, 2.05) is 0 Å². The molecule has 0 saturated carbocycles. The third-order valence-corrected chi connectivity index (χ3v) is 11.4. The zero-order chi connectivity index (χ0) is 39.3. The number of amides is 2. The fraction of sp³-hybridized carbons (Fsp3) is 0.526. The molecule has 0 spiro atoms. The Morgan fingerprint density at radius 1 is 1.02 bits per heavy atom. The van der Waals surface area contributed by atoms with Crippen molar-refractivity contribution in [1.82, 2.24) is 14.8 Å². The highest BCUT2D eigenvalue weighted by atomic mass is 32.1. The molecule has 2 aliphatic rings. The Labute approximate surface area is 312 Å². The van der Waals surface area contributed by atoms with Crippen LogP contribution in [0, 0.1) is 0 Å². The molecule has 0 bridgehead atoms. The molecule has 1 aromatic carbocycles. The van der Waals surface area contributed by atoms with Crippen molar-refractivity contribution >= 4 is 29.1 Å². The molecule has 2 atom stereocenters. The number of carboxylic acid groups (broad SMARTS) is 1. The van der Waals surface area contributed by atoms with Crippen LogP contribution in [0.2, 0.25) is 0 Å². The first-order chi connectivity index (χ1) is 25.6. The average Bonchev–Trinajstić information content (AvgIpc) is 3.67. The van der Waals surface area contributed by atoms with Crippen LogP contribution in [0.4, 0.5) is 26.3 Å². The molecule has 2 saturated heterocycles. The zero-order valence-electron chi connectivity index (χ0n) is 29.7.